The van der Waals surface area contributed by atoms with Crippen LogP contribution in [0.5, 0.6) is 0 Å². The third kappa shape index (κ3) is 3.71. The number of benzene rings is 2. The van der Waals surface area contributed by atoms with Gasteiger partial charge in [-0.2, -0.15) is 0 Å². The van der Waals surface area contributed by atoms with E-state index in [1.165, 1.54) is 11.3 Å². The Morgan fingerprint density at radius 1 is 1.03 bits per heavy atom. The zero-order valence-electron chi connectivity index (χ0n) is 16.3. The standard InChI is InChI=1S/C23H20N2O4S/c1-14-7-5-6-10-16(14)22(27)25-12-11-17-18(13-25)30-21(19(17)23(28)29)24-20(26)15-8-3-2-4-9-15/h2-10H,11-13H2,1H3,(H,24,26)(H,28,29). The van der Waals surface area contributed by atoms with Crippen molar-refractivity contribution in [3.8, 4) is 0 Å². The largest absolute Gasteiger partial charge is 0.478 e. The maximum Gasteiger partial charge on any atom is 0.339 e. The number of anilines is 1. The average Bonchev–Trinajstić information content (AvgIpc) is 3.11. The summed E-state index contributed by atoms with van der Waals surface area (Å²) in [6.07, 6.45) is 0.437. The third-order valence-corrected chi connectivity index (χ3v) is 6.33. The molecule has 30 heavy (non-hydrogen) atoms. The summed E-state index contributed by atoms with van der Waals surface area (Å²) < 4.78 is 0. The van der Waals surface area contributed by atoms with E-state index in [1.807, 2.05) is 31.2 Å². The van der Waals surface area contributed by atoms with Gasteiger partial charge < -0.3 is 15.3 Å². The number of nitrogens with zero attached hydrogens (tertiary/aromatic N) is 1. The molecule has 1 aliphatic heterocycles. The molecule has 7 heteroatoms. The van der Waals surface area contributed by atoms with Gasteiger partial charge in [-0.25, -0.2) is 4.79 Å². The molecule has 3 aromatic rings. The fourth-order valence-corrected chi connectivity index (χ4v) is 4.89. The Morgan fingerprint density at radius 2 is 1.73 bits per heavy atom. The van der Waals surface area contributed by atoms with Crippen molar-refractivity contribution in [3.63, 3.8) is 0 Å². The average molecular weight is 420 g/mol. The molecule has 0 fully saturated rings. The molecule has 2 heterocycles. The van der Waals surface area contributed by atoms with Crippen molar-refractivity contribution in [2.24, 2.45) is 0 Å². The van der Waals surface area contributed by atoms with Gasteiger partial charge in [0.25, 0.3) is 11.8 Å². The number of carboxylic acids is 1. The summed E-state index contributed by atoms with van der Waals surface area (Å²) in [4.78, 5) is 40.0. The van der Waals surface area contributed by atoms with Gasteiger partial charge >= 0.3 is 5.97 Å². The minimum Gasteiger partial charge on any atom is -0.478 e. The van der Waals surface area contributed by atoms with Gasteiger partial charge in [0.2, 0.25) is 0 Å². The number of carbonyl (C=O) groups is 3. The number of carboxylic acid groups (broad SMARTS) is 1. The van der Waals surface area contributed by atoms with E-state index in [2.05, 4.69) is 5.32 Å². The van der Waals surface area contributed by atoms with Crippen LogP contribution in [0.1, 0.15) is 47.1 Å². The molecule has 0 atom stereocenters. The first-order valence-electron chi connectivity index (χ1n) is 9.55. The molecule has 0 bridgehead atoms. The van der Waals surface area contributed by atoms with Crippen LogP contribution in [0.25, 0.3) is 0 Å². The summed E-state index contributed by atoms with van der Waals surface area (Å²) >= 11 is 1.23. The zero-order valence-corrected chi connectivity index (χ0v) is 17.2. The number of carbonyl (C=O) groups excluding carboxylic acids is 2. The summed E-state index contributed by atoms with van der Waals surface area (Å²) in [7, 11) is 0. The van der Waals surface area contributed by atoms with Crippen LogP contribution in [0.3, 0.4) is 0 Å². The second-order valence-electron chi connectivity index (χ2n) is 7.12. The molecule has 4 rings (SSSR count). The van der Waals surface area contributed by atoms with Crippen LogP contribution < -0.4 is 5.32 Å². The Labute approximate surface area is 177 Å². The lowest BCUT2D eigenvalue weighted by atomic mass is 10.0. The van der Waals surface area contributed by atoms with E-state index in [0.29, 0.717) is 41.2 Å². The number of nitrogens with one attached hydrogen (secondary N) is 1. The molecule has 0 saturated heterocycles. The van der Waals surface area contributed by atoms with E-state index < -0.39 is 5.97 Å². The first-order valence-corrected chi connectivity index (χ1v) is 10.4. The SMILES string of the molecule is Cc1ccccc1C(=O)N1CCc2c(sc(NC(=O)c3ccccc3)c2C(=O)O)C1. The highest BCUT2D eigenvalue weighted by atomic mass is 32.1. The number of thiophene rings is 1. The highest BCUT2D eigenvalue weighted by Gasteiger charge is 2.31. The van der Waals surface area contributed by atoms with Crippen molar-refractivity contribution in [2.45, 2.75) is 19.9 Å². The van der Waals surface area contributed by atoms with Gasteiger partial charge in [-0.3, -0.25) is 9.59 Å². The molecule has 152 valence electrons. The monoisotopic (exact) mass is 420 g/mol. The van der Waals surface area contributed by atoms with E-state index in [1.54, 1.807) is 35.2 Å². The molecule has 0 spiro atoms. The number of amides is 2. The van der Waals surface area contributed by atoms with Crippen molar-refractivity contribution >= 4 is 34.1 Å². The molecule has 0 aliphatic carbocycles. The Bertz CT molecular complexity index is 1140. The van der Waals surface area contributed by atoms with Gasteiger partial charge in [0.05, 0.1) is 12.1 Å². The van der Waals surface area contributed by atoms with E-state index in [4.69, 9.17) is 0 Å². The first-order chi connectivity index (χ1) is 14.5. The molecular weight excluding hydrogens is 400 g/mol. The molecule has 0 radical (unpaired) electrons. The second kappa shape index (κ2) is 8.12. The third-order valence-electron chi connectivity index (χ3n) is 5.20. The number of fused-ring (bicyclic) bond motifs is 1. The summed E-state index contributed by atoms with van der Waals surface area (Å²) in [5.41, 5.74) is 2.83. The van der Waals surface area contributed by atoms with Crippen LogP contribution in [0, 0.1) is 6.92 Å². The van der Waals surface area contributed by atoms with Gasteiger partial charge in [-0.1, -0.05) is 36.4 Å². The summed E-state index contributed by atoms with van der Waals surface area (Å²) in [6.45, 7) is 2.66. The first kappa shape index (κ1) is 19.8. The van der Waals surface area contributed by atoms with Crippen LogP contribution in [0.15, 0.2) is 54.6 Å². The lowest BCUT2D eigenvalue weighted by Crippen LogP contribution is -2.36. The van der Waals surface area contributed by atoms with Crippen molar-refractivity contribution in [2.75, 3.05) is 11.9 Å². The Morgan fingerprint density at radius 3 is 2.43 bits per heavy atom. The van der Waals surface area contributed by atoms with Gasteiger partial charge in [-0.15, -0.1) is 11.3 Å². The van der Waals surface area contributed by atoms with E-state index in [0.717, 1.165) is 10.4 Å². The minimum atomic E-state index is -1.07. The molecular formula is C23H20N2O4S. The number of rotatable bonds is 4. The van der Waals surface area contributed by atoms with Crippen LogP contribution in [0.4, 0.5) is 5.00 Å². The molecule has 1 aromatic heterocycles. The topological polar surface area (TPSA) is 86.7 Å². The summed E-state index contributed by atoms with van der Waals surface area (Å²) in [6, 6.07) is 16.1. The summed E-state index contributed by atoms with van der Waals surface area (Å²) in [5, 5.41) is 12.8. The molecule has 2 amide bonds. The molecule has 6 nitrogen and oxygen atoms in total. The maximum absolute atomic E-state index is 13.0. The predicted octanol–water partition coefficient (Wildman–Crippen LogP) is 4.21. The molecule has 2 N–H and O–H groups in total. The highest BCUT2D eigenvalue weighted by Crippen LogP contribution is 2.37. The van der Waals surface area contributed by atoms with Crippen molar-refractivity contribution in [1.82, 2.24) is 4.90 Å². The van der Waals surface area contributed by atoms with Gasteiger partial charge in [-0.05, 0) is 42.7 Å². The highest BCUT2D eigenvalue weighted by molar-refractivity contribution is 7.17. The van der Waals surface area contributed by atoms with Gasteiger partial charge in [0.1, 0.15) is 5.00 Å². The lowest BCUT2D eigenvalue weighted by molar-refractivity contribution is 0.0696. The lowest BCUT2D eigenvalue weighted by Gasteiger charge is -2.27. The van der Waals surface area contributed by atoms with Crippen molar-refractivity contribution in [1.29, 1.82) is 0 Å². The Hall–Kier alpha value is -3.45. The van der Waals surface area contributed by atoms with E-state index >= 15 is 0 Å². The van der Waals surface area contributed by atoms with Crippen LogP contribution >= 0.6 is 11.3 Å². The van der Waals surface area contributed by atoms with Crippen molar-refractivity contribution in [3.05, 3.63) is 87.3 Å². The predicted molar refractivity (Wildman–Crippen MR) is 115 cm³/mol. The number of aryl methyl sites for hydroxylation is 1. The fraction of sp³-hybridized carbons (Fsp3) is 0.174. The fourth-order valence-electron chi connectivity index (χ4n) is 3.64. The van der Waals surface area contributed by atoms with Crippen LogP contribution in [0.2, 0.25) is 0 Å². The smallest absolute Gasteiger partial charge is 0.339 e. The second-order valence-corrected chi connectivity index (χ2v) is 8.23. The zero-order chi connectivity index (χ0) is 21.3. The minimum absolute atomic E-state index is 0.0705. The molecule has 1 aliphatic rings. The van der Waals surface area contributed by atoms with E-state index in [-0.39, 0.29) is 17.4 Å². The number of hydrogen-bond acceptors (Lipinski definition) is 4. The number of hydrogen-bond donors (Lipinski definition) is 2. The van der Waals surface area contributed by atoms with Gasteiger partial charge in [0, 0.05) is 22.5 Å². The summed E-state index contributed by atoms with van der Waals surface area (Å²) in [5.74, 6) is -1.50. The normalized spacial score (nSPS) is 12.9. The molecule has 2 aromatic carbocycles. The Balaban J connectivity index is 1.61. The van der Waals surface area contributed by atoms with E-state index in [9.17, 15) is 19.5 Å². The van der Waals surface area contributed by atoms with Crippen molar-refractivity contribution < 1.29 is 19.5 Å². The molecule has 0 saturated carbocycles. The quantitative estimate of drug-likeness (QED) is 0.662. The maximum atomic E-state index is 13.0. The Kier molecular flexibility index (Phi) is 5.37. The van der Waals surface area contributed by atoms with Crippen LogP contribution in [-0.4, -0.2) is 34.3 Å². The van der Waals surface area contributed by atoms with Crippen LogP contribution in [-0.2, 0) is 13.0 Å². The molecule has 0 unspecified atom stereocenters. The number of aromatic carboxylic acids is 1. The van der Waals surface area contributed by atoms with Gasteiger partial charge in [0.15, 0.2) is 0 Å².